The molecule has 0 fully saturated rings. The summed E-state index contributed by atoms with van der Waals surface area (Å²) in [7, 11) is 0. The lowest BCUT2D eigenvalue weighted by molar-refractivity contribution is -0.141. The molecule has 46 valence electrons. The SMILES string of the molecule is C/C=C/OC(=O)CO. The van der Waals surface area contributed by atoms with E-state index in [4.69, 9.17) is 5.11 Å². The van der Waals surface area contributed by atoms with Crippen molar-refractivity contribution in [3.8, 4) is 0 Å². The molecule has 0 saturated carbocycles. The Morgan fingerprint density at radius 3 is 2.88 bits per heavy atom. The number of carbonyl (C=O) groups excluding carboxylic acids is 1. The Bertz CT molecular complexity index is 95.8. The number of aliphatic hydroxyl groups excluding tert-OH is 1. The lowest BCUT2D eigenvalue weighted by Crippen LogP contribution is -2.03. The Hall–Kier alpha value is -0.830. The third-order valence-corrected chi connectivity index (χ3v) is 0.465. The van der Waals surface area contributed by atoms with Crippen LogP contribution in [-0.4, -0.2) is 17.7 Å². The van der Waals surface area contributed by atoms with Crippen LogP contribution in [0.15, 0.2) is 12.3 Å². The molecule has 0 aromatic heterocycles. The van der Waals surface area contributed by atoms with Crippen molar-refractivity contribution in [3.05, 3.63) is 12.3 Å². The van der Waals surface area contributed by atoms with Gasteiger partial charge in [-0.25, -0.2) is 4.79 Å². The van der Waals surface area contributed by atoms with Gasteiger partial charge in [0.2, 0.25) is 0 Å². The average Bonchev–Trinajstić information content (AvgIpc) is 1.83. The number of carbonyl (C=O) groups is 1. The van der Waals surface area contributed by atoms with E-state index in [9.17, 15) is 4.79 Å². The molecule has 8 heavy (non-hydrogen) atoms. The first-order chi connectivity index (χ1) is 3.81. The molecule has 0 radical (unpaired) electrons. The average molecular weight is 116 g/mol. The number of allylic oxidation sites excluding steroid dienone is 1. The van der Waals surface area contributed by atoms with Crippen molar-refractivity contribution in [2.24, 2.45) is 0 Å². The third kappa shape index (κ3) is 3.36. The zero-order valence-electron chi connectivity index (χ0n) is 4.63. The zero-order chi connectivity index (χ0) is 6.41. The summed E-state index contributed by atoms with van der Waals surface area (Å²) in [5.41, 5.74) is 0. The molecule has 3 heteroatoms. The van der Waals surface area contributed by atoms with Crippen LogP contribution in [0.3, 0.4) is 0 Å². The summed E-state index contributed by atoms with van der Waals surface area (Å²) < 4.78 is 4.27. The van der Waals surface area contributed by atoms with Gasteiger partial charge in [0.05, 0.1) is 6.26 Å². The van der Waals surface area contributed by atoms with Gasteiger partial charge < -0.3 is 9.84 Å². The Labute approximate surface area is 47.6 Å². The predicted molar refractivity (Wildman–Crippen MR) is 28.0 cm³/mol. The van der Waals surface area contributed by atoms with Gasteiger partial charge in [-0.2, -0.15) is 0 Å². The standard InChI is InChI=1S/C5H8O3/c1-2-3-8-5(7)4-6/h2-3,6H,4H2,1H3/b3-2+. The molecule has 0 aromatic carbocycles. The van der Waals surface area contributed by atoms with E-state index in [0.717, 1.165) is 0 Å². The number of hydrogen-bond acceptors (Lipinski definition) is 3. The monoisotopic (exact) mass is 116 g/mol. The smallest absolute Gasteiger partial charge is 0.336 e. The van der Waals surface area contributed by atoms with Crippen LogP contribution < -0.4 is 0 Å². The number of hydrogen-bond donors (Lipinski definition) is 1. The molecule has 3 nitrogen and oxygen atoms in total. The number of ether oxygens (including phenoxy) is 1. The lowest BCUT2D eigenvalue weighted by Gasteiger charge is -1.89. The van der Waals surface area contributed by atoms with E-state index in [-0.39, 0.29) is 0 Å². The topological polar surface area (TPSA) is 46.5 Å². The summed E-state index contributed by atoms with van der Waals surface area (Å²) in [6, 6.07) is 0. The zero-order valence-corrected chi connectivity index (χ0v) is 4.63. The van der Waals surface area contributed by atoms with Gasteiger partial charge in [0.1, 0.15) is 6.61 Å². The summed E-state index contributed by atoms with van der Waals surface area (Å²) in [5, 5.41) is 8.05. The van der Waals surface area contributed by atoms with Gasteiger partial charge in [0, 0.05) is 0 Å². The van der Waals surface area contributed by atoms with Crippen molar-refractivity contribution < 1.29 is 14.6 Å². The Morgan fingerprint density at radius 2 is 2.50 bits per heavy atom. The highest BCUT2D eigenvalue weighted by Gasteiger charge is 1.92. The molecule has 0 atom stereocenters. The van der Waals surface area contributed by atoms with E-state index in [1.807, 2.05) is 0 Å². The summed E-state index contributed by atoms with van der Waals surface area (Å²) in [4.78, 5) is 10.0. The van der Waals surface area contributed by atoms with Gasteiger partial charge in [-0.1, -0.05) is 6.08 Å². The minimum absolute atomic E-state index is 0.565. The van der Waals surface area contributed by atoms with Crippen LogP contribution in [0.1, 0.15) is 6.92 Å². The second kappa shape index (κ2) is 4.33. The molecule has 0 heterocycles. The molecule has 0 bridgehead atoms. The molecule has 0 unspecified atom stereocenters. The van der Waals surface area contributed by atoms with Crippen LogP contribution in [0.2, 0.25) is 0 Å². The molecule has 0 saturated heterocycles. The molecule has 0 aromatic rings. The molecule has 0 aliphatic rings. The predicted octanol–water partition coefficient (Wildman–Crippen LogP) is 0.0555. The molecular formula is C5H8O3. The molecule has 0 amide bonds. The van der Waals surface area contributed by atoms with Crippen LogP contribution in [0.25, 0.3) is 0 Å². The number of aliphatic hydroxyl groups is 1. The van der Waals surface area contributed by atoms with E-state index < -0.39 is 12.6 Å². The van der Waals surface area contributed by atoms with Crippen LogP contribution in [-0.2, 0) is 9.53 Å². The fraction of sp³-hybridized carbons (Fsp3) is 0.400. The Balaban J connectivity index is 3.25. The van der Waals surface area contributed by atoms with Crippen molar-refractivity contribution in [2.75, 3.05) is 6.61 Å². The van der Waals surface area contributed by atoms with E-state index >= 15 is 0 Å². The van der Waals surface area contributed by atoms with E-state index in [0.29, 0.717) is 0 Å². The number of rotatable bonds is 2. The Kier molecular flexibility index (Phi) is 3.88. The summed E-state index contributed by atoms with van der Waals surface area (Å²) in [6.45, 7) is 1.15. The second-order valence-corrected chi connectivity index (χ2v) is 1.12. The molecule has 1 N–H and O–H groups in total. The summed E-state index contributed by atoms with van der Waals surface area (Å²) in [6.07, 6.45) is 2.78. The first-order valence-corrected chi connectivity index (χ1v) is 2.22. The van der Waals surface area contributed by atoms with Crippen LogP contribution >= 0.6 is 0 Å². The van der Waals surface area contributed by atoms with E-state index in [1.54, 1.807) is 13.0 Å². The second-order valence-electron chi connectivity index (χ2n) is 1.12. The summed E-state index contributed by atoms with van der Waals surface area (Å²) >= 11 is 0. The van der Waals surface area contributed by atoms with Crippen molar-refractivity contribution in [1.82, 2.24) is 0 Å². The minimum Gasteiger partial charge on any atom is -0.433 e. The van der Waals surface area contributed by atoms with Gasteiger partial charge in [-0.05, 0) is 6.92 Å². The highest BCUT2D eigenvalue weighted by atomic mass is 16.5. The van der Waals surface area contributed by atoms with Crippen molar-refractivity contribution in [2.45, 2.75) is 6.92 Å². The van der Waals surface area contributed by atoms with Crippen molar-refractivity contribution in [1.29, 1.82) is 0 Å². The third-order valence-electron chi connectivity index (χ3n) is 0.465. The minimum atomic E-state index is -0.636. The fourth-order valence-electron chi connectivity index (χ4n) is 0.181. The quantitative estimate of drug-likeness (QED) is 0.409. The largest absolute Gasteiger partial charge is 0.433 e. The molecule has 0 aliphatic carbocycles. The maximum Gasteiger partial charge on any atom is 0.336 e. The van der Waals surface area contributed by atoms with Crippen LogP contribution in [0.5, 0.6) is 0 Å². The van der Waals surface area contributed by atoms with E-state index in [2.05, 4.69) is 4.74 Å². The van der Waals surface area contributed by atoms with Gasteiger partial charge in [-0.15, -0.1) is 0 Å². The van der Waals surface area contributed by atoms with Crippen molar-refractivity contribution in [3.63, 3.8) is 0 Å². The van der Waals surface area contributed by atoms with Gasteiger partial charge in [0.25, 0.3) is 0 Å². The maximum atomic E-state index is 10.0. The maximum absolute atomic E-state index is 10.0. The van der Waals surface area contributed by atoms with Crippen molar-refractivity contribution >= 4 is 5.97 Å². The van der Waals surface area contributed by atoms with Gasteiger partial charge in [0.15, 0.2) is 0 Å². The normalized spacial score (nSPS) is 9.75. The molecule has 0 rings (SSSR count). The molecule has 0 aliphatic heterocycles. The van der Waals surface area contributed by atoms with Crippen LogP contribution in [0.4, 0.5) is 0 Å². The Morgan fingerprint density at radius 1 is 1.88 bits per heavy atom. The first kappa shape index (κ1) is 7.17. The molecule has 0 spiro atoms. The first-order valence-electron chi connectivity index (χ1n) is 2.22. The van der Waals surface area contributed by atoms with Gasteiger partial charge >= 0.3 is 5.97 Å². The summed E-state index contributed by atoms with van der Waals surface area (Å²) in [5.74, 6) is -0.636. The highest BCUT2D eigenvalue weighted by molar-refractivity contribution is 5.70. The fourth-order valence-corrected chi connectivity index (χ4v) is 0.181. The lowest BCUT2D eigenvalue weighted by atomic mass is 10.7. The highest BCUT2D eigenvalue weighted by Crippen LogP contribution is 1.76. The molecular weight excluding hydrogens is 108 g/mol. The number of esters is 1. The van der Waals surface area contributed by atoms with Gasteiger partial charge in [-0.3, -0.25) is 0 Å². The van der Waals surface area contributed by atoms with Crippen LogP contribution in [0, 0.1) is 0 Å². The van der Waals surface area contributed by atoms with E-state index in [1.165, 1.54) is 6.26 Å².